The summed E-state index contributed by atoms with van der Waals surface area (Å²) in [7, 11) is 0. The molecule has 1 fully saturated rings. The third-order valence-corrected chi connectivity index (χ3v) is 4.13. The number of furan rings is 1. The summed E-state index contributed by atoms with van der Waals surface area (Å²) >= 11 is 0. The molecule has 1 heterocycles. The molecule has 0 radical (unpaired) electrons. The summed E-state index contributed by atoms with van der Waals surface area (Å²) in [5.74, 6) is 1.16. The Kier molecular flexibility index (Phi) is 4.81. The van der Waals surface area contributed by atoms with Crippen LogP contribution in [-0.4, -0.2) is 11.5 Å². The number of rotatable bonds is 7. The molecule has 5 nitrogen and oxygen atoms in total. The summed E-state index contributed by atoms with van der Waals surface area (Å²) in [6, 6.07) is 3.09. The maximum atomic E-state index is 10.6. The summed E-state index contributed by atoms with van der Waals surface area (Å²) in [5, 5.41) is 14.0. The average Bonchev–Trinajstić information content (AvgIpc) is 2.98. The molecule has 0 amide bonds. The van der Waals surface area contributed by atoms with Gasteiger partial charge in [0, 0.05) is 6.54 Å². The third kappa shape index (κ3) is 3.82. The van der Waals surface area contributed by atoms with Gasteiger partial charge in [0.25, 0.3) is 0 Å². The summed E-state index contributed by atoms with van der Waals surface area (Å²) in [6.45, 7) is 6.08. The first-order valence-corrected chi connectivity index (χ1v) is 7.45. The molecule has 0 aliphatic heterocycles. The van der Waals surface area contributed by atoms with E-state index in [0.717, 1.165) is 6.54 Å². The largest absolute Gasteiger partial charge is 0.433 e. The van der Waals surface area contributed by atoms with Crippen LogP contribution in [0.25, 0.3) is 0 Å². The Hall–Kier alpha value is -1.36. The Morgan fingerprint density at radius 3 is 2.65 bits per heavy atom. The zero-order chi connectivity index (χ0) is 14.6. The maximum absolute atomic E-state index is 10.6. The molecule has 5 heteroatoms. The second-order valence-corrected chi connectivity index (χ2v) is 6.41. The molecule has 20 heavy (non-hydrogen) atoms. The molecule has 2 rings (SSSR count). The summed E-state index contributed by atoms with van der Waals surface area (Å²) < 4.78 is 5.16. The van der Waals surface area contributed by atoms with E-state index >= 15 is 0 Å². The van der Waals surface area contributed by atoms with Gasteiger partial charge in [-0.05, 0) is 36.7 Å². The minimum absolute atomic E-state index is 0.181. The molecule has 112 valence electrons. The Morgan fingerprint density at radius 1 is 1.40 bits per heavy atom. The van der Waals surface area contributed by atoms with Crippen LogP contribution in [0.3, 0.4) is 0 Å². The van der Waals surface area contributed by atoms with E-state index in [4.69, 9.17) is 4.42 Å². The zero-order valence-corrected chi connectivity index (χ0v) is 12.4. The summed E-state index contributed by atoms with van der Waals surface area (Å²) in [6.07, 6.45) is 6.46. The zero-order valence-electron chi connectivity index (χ0n) is 12.4. The van der Waals surface area contributed by atoms with E-state index in [9.17, 15) is 10.1 Å². The van der Waals surface area contributed by atoms with Gasteiger partial charge < -0.3 is 9.73 Å². The molecule has 0 bridgehead atoms. The minimum Gasteiger partial charge on any atom is -0.404 e. The Labute approximate surface area is 119 Å². The van der Waals surface area contributed by atoms with E-state index in [-0.39, 0.29) is 5.88 Å². The van der Waals surface area contributed by atoms with E-state index in [1.165, 1.54) is 38.2 Å². The Balaban J connectivity index is 1.85. The molecule has 0 unspecified atom stereocenters. The van der Waals surface area contributed by atoms with Crippen molar-refractivity contribution in [1.29, 1.82) is 0 Å². The van der Waals surface area contributed by atoms with E-state index in [2.05, 4.69) is 19.2 Å². The number of hydrogen-bond donors (Lipinski definition) is 1. The number of hydrogen-bond acceptors (Lipinski definition) is 4. The summed E-state index contributed by atoms with van der Waals surface area (Å²) in [4.78, 5) is 10.1. The molecular weight excluding hydrogens is 256 g/mol. The molecule has 0 spiro atoms. The highest BCUT2D eigenvalue weighted by atomic mass is 16.6. The highest BCUT2D eigenvalue weighted by molar-refractivity contribution is 5.17. The van der Waals surface area contributed by atoms with Gasteiger partial charge in [0.05, 0.1) is 12.6 Å². The van der Waals surface area contributed by atoms with Crippen molar-refractivity contribution in [2.45, 2.75) is 52.5 Å². The van der Waals surface area contributed by atoms with Crippen molar-refractivity contribution in [3.8, 4) is 0 Å². The number of nitro groups is 1. The van der Waals surface area contributed by atoms with Crippen molar-refractivity contribution in [2.24, 2.45) is 11.3 Å². The van der Waals surface area contributed by atoms with Crippen LogP contribution >= 0.6 is 0 Å². The van der Waals surface area contributed by atoms with Crippen molar-refractivity contribution in [1.82, 2.24) is 5.32 Å². The lowest BCUT2D eigenvalue weighted by Gasteiger charge is -2.31. The predicted molar refractivity (Wildman–Crippen MR) is 77.4 cm³/mol. The SMILES string of the molecule is CC(C)CC1(CNCc2ccc([N+](=O)[O-])o2)CCCC1. The smallest absolute Gasteiger partial charge is 0.404 e. The Morgan fingerprint density at radius 2 is 2.10 bits per heavy atom. The lowest BCUT2D eigenvalue weighted by Crippen LogP contribution is -2.33. The topological polar surface area (TPSA) is 68.3 Å². The van der Waals surface area contributed by atoms with Crippen LogP contribution < -0.4 is 5.32 Å². The van der Waals surface area contributed by atoms with Gasteiger partial charge in [-0.2, -0.15) is 0 Å². The molecule has 0 saturated heterocycles. The fourth-order valence-electron chi connectivity index (χ4n) is 3.45. The highest BCUT2D eigenvalue weighted by Crippen LogP contribution is 2.42. The van der Waals surface area contributed by atoms with Crippen molar-refractivity contribution < 1.29 is 9.34 Å². The molecule has 1 aliphatic rings. The van der Waals surface area contributed by atoms with Gasteiger partial charge in [0.15, 0.2) is 0 Å². The number of nitrogens with one attached hydrogen (secondary N) is 1. The van der Waals surface area contributed by atoms with Gasteiger partial charge in [-0.1, -0.05) is 26.7 Å². The molecule has 1 aliphatic carbocycles. The van der Waals surface area contributed by atoms with Crippen LogP contribution in [0.15, 0.2) is 16.5 Å². The molecule has 0 aromatic carbocycles. The molecule has 0 atom stereocenters. The fraction of sp³-hybridized carbons (Fsp3) is 0.733. The monoisotopic (exact) mass is 280 g/mol. The molecule has 1 aromatic heterocycles. The van der Waals surface area contributed by atoms with Gasteiger partial charge in [-0.15, -0.1) is 0 Å². The first-order valence-electron chi connectivity index (χ1n) is 7.45. The van der Waals surface area contributed by atoms with Crippen LogP contribution in [0.5, 0.6) is 0 Å². The predicted octanol–water partition coefficient (Wildman–Crippen LogP) is 3.88. The van der Waals surface area contributed by atoms with Crippen molar-refractivity contribution in [2.75, 3.05) is 6.54 Å². The molecule has 1 N–H and O–H groups in total. The lowest BCUT2D eigenvalue weighted by molar-refractivity contribution is -0.402. The van der Waals surface area contributed by atoms with E-state index < -0.39 is 4.92 Å². The normalized spacial score (nSPS) is 17.8. The van der Waals surface area contributed by atoms with Crippen molar-refractivity contribution >= 4 is 5.88 Å². The van der Waals surface area contributed by atoms with Gasteiger partial charge in [0.1, 0.15) is 10.7 Å². The first-order chi connectivity index (χ1) is 9.51. The quantitative estimate of drug-likeness (QED) is 0.608. The van der Waals surface area contributed by atoms with Crippen LogP contribution in [0.4, 0.5) is 5.88 Å². The van der Waals surface area contributed by atoms with Crippen LogP contribution in [-0.2, 0) is 6.54 Å². The first kappa shape index (κ1) is 15.0. The summed E-state index contributed by atoms with van der Waals surface area (Å²) in [5.41, 5.74) is 0.409. The standard InChI is InChI=1S/C15H24N2O3/c1-12(2)9-15(7-3-4-8-15)11-16-10-13-5-6-14(20-13)17(18)19/h5-6,12,16H,3-4,7-11H2,1-2H3. The number of nitrogens with zero attached hydrogens (tertiary/aromatic N) is 1. The van der Waals surface area contributed by atoms with Gasteiger partial charge in [0.2, 0.25) is 0 Å². The van der Waals surface area contributed by atoms with Gasteiger partial charge in [-0.25, -0.2) is 0 Å². The van der Waals surface area contributed by atoms with Crippen LogP contribution in [0, 0.1) is 21.4 Å². The van der Waals surface area contributed by atoms with E-state index in [1.54, 1.807) is 6.07 Å². The second-order valence-electron chi connectivity index (χ2n) is 6.41. The second kappa shape index (κ2) is 6.39. The van der Waals surface area contributed by atoms with Crippen LogP contribution in [0.2, 0.25) is 0 Å². The fourth-order valence-corrected chi connectivity index (χ4v) is 3.45. The molecular formula is C15H24N2O3. The molecule has 1 aromatic rings. The highest BCUT2D eigenvalue weighted by Gasteiger charge is 2.33. The van der Waals surface area contributed by atoms with Crippen molar-refractivity contribution in [3.63, 3.8) is 0 Å². The van der Waals surface area contributed by atoms with E-state index in [1.807, 2.05) is 0 Å². The maximum Gasteiger partial charge on any atom is 0.433 e. The van der Waals surface area contributed by atoms with Gasteiger partial charge >= 0.3 is 5.88 Å². The Bertz CT molecular complexity index is 448. The average molecular weight is 280 g/mol. The van der Waals surface area contributed by atoms with Crippen LogP contribution in [0.1, 0.15) is 51.7 Å². The van der Waals surface area contributed by atoms with E-state index in [0.29, 0.717) is 23.6 Å². The lowest BCUT2D eigenvalue weighted by atomic mass is 9.78. The van der Waals surface area contributed by atoms with Gasteiger partial charge in [-0.3, -0.25) is 10.1 Å². The van der Waals surface area contributed by atoms with Crippen molar-refractivity contribution in [3.05, 3.63) is 28.0 Å². The molecule has 1 saturated carbocycles. The third-order valence-electron chi connectivity index (χ3n) is 4.13. The minimum atomic E-state index is -0.499.